The molecule has 4 rings (SSSR count). The first-order valence-electron chi connectivity index (χ1n) is 10.9. The summed E-state index contributed by atoms with van der Waals surface area (Å²) in [6.45, 7) is 4.53. The first-order valence-corrected chi connectivity index (χ1v) is 10.9. The van der Waals surface area contributed by atoms with E-state index in [9.17, 15) is 4.79 Å². The highest BCUT2D eigenvalue weighted by atomic mass is 16.5. The van der Waals surface area contributed by atoms with Crippen LogP contribution in [0.2, 0.25) is 0 Å². The minimum absolute atomic E-state index is 0.103. The molecule has 2 aliphatic heterocycles. The molecule has 1 amide bonds. The number of carbonyl (C=O) groups is 1. The van der Waals surface area contributed by atoms with Crippen LogP contribution in [-0.2, 0) is 9.53 Å². The molecule has 1 saturated carbocycles. The molecule has 0 spiro atoms. The zero-order chi connectivity index (χ0) is 19.6. The van der Waals surface area contributed by atoms with Gasteiger partial charge in [0.25, 0.3) is 0 Å². The molecule has 0 radical (unpaired) electrons. The van der Waals surface area contributed by atoms with Crippen LogP contribution in [-0.4, -0.2) is 74.7 Å². The Hall–Kier alpha value is -1.43. The number of carbonyl (C=O) groups excluding carboxylic acids is 1. The van der Waals surface area contributed by atoms with Gasteiger partial charge < -0.3 is 15.0 Å². The fourth-order valence-electron chi connectivity index (χ4n) is 5.15. The first-order chi connectivity index (χ1) is 13.6. The summed E-state index contributed by atoms with van der Waals surface area (Å²) < 4.78 is 5.61. The molecule has 3 fully saturated rings. The summed E-state index contributed by atoms with van der Waals surface area (Å²) in [7, 11) is 3.88. The average molecular weight is 386 g/mol. The molecule has 5 nitrogen and oxygen atoms in total. The van der Waals surface area contributed by atoms with Crippen molar-refractivity contribution < 1.29 is 9.53 Å². The number of likely N-dealkylation sites (N-methyl/N-ethyl adjacent to an activating group) is 1. The smallest absolute Gasteiger partial charge is 0.239 e. The molecule has 5 heteroatoms. The van der Waals surface area contributed by atoms with Crippen LogP contribution in [0.25, 0.3) is 0 Å². The van der Waals surface area contributed by atoms with E-state index in [1.807, 2.05) is 0 Å². The van der Waals surface area contributed by atoms with Crippen LogP contribution in [0.4, 0.5) is 0 Å². The van der Waals surface area contributed by atoms with E-state index in [1.165, 1.54) is 12.0 Å². The zero-order valence-electron chi connectivity index (χ0n) is 17.4. The van der Waals surface area contributed by atoms with Gasteiger partial charge in [-0.3, -0.25) is 9.69 Å². The third kappa shape index (κ3) is 4.27. The molecule has 3 aliphatic rings. The summed E-state index contributed by atoms with van der Waals surface area (Å²) in [5, 5.41) is 3.82. The molecule has 1 N–H and O–H groups in total. The van der Waals surface area contributed by atoms with Gasteiger partial charge in [0.1, 0.15) is 0 Å². The van der Waals surface area contributed by atoms with Gasteiger partial charge in [0.2, 0.25) is 5.91 Å². The maximum Gasteiger partial charge on any atom is 0.239 e. The number of nitrogens with one attached hydrogen (secondary N) is 1. The lowest BCUT2D eigenvalue weighted by molar-refractivity contribution is -0.138. The summed E-state index contributed by atoms with van der Waals surface area (Å²) in [6, 6.07) is 11.5. The van der Waals surface area contributed by atoms with Crippen molar-refractivity contribution in [3.63, 3.8) is 0 Å². The number of methoxy groups -OCH3 is 1. The molecule has 1 aliphatic carbocycles. The van der Waals surface area contributed by atoms with E-state index in [0.29, 0.717) is 17.9 Å². The number of piperidine rings is 1. The Morgan fingerprint density at radius 1 is 1.21 bits per heavy atom. The molecular formula is C23H35N3O2. The zero-order valence-corrected chi connectivity index (χ0v) is 17.4. The second kappa shape index (κ2) is 8.52. The molecule has 28 heavy (non-hydrogen) atoms. The lowest BCUT2D eigenvalue weighted by Crippen LogP contribution is -2.52. The van der Waals surface area contributed by atoms with Gasteiger partial charge in [-0.05, 0) is 51.3 Å². The molecule has 0 bridgehead atoms. The number of amides is 1. The fourth-order valence-corrected chi connectivity index (χ4v) is 5.15. The third-order valence-corrected chi connectivity index (χ3v) is 7.15. The molecule has 1 aromatic carbocycles. The molecule has 3 atom stereocenters. The van der Waals surface area contributed by atoms with Crippen LogP contribution < -0.4 is 5.32 Å². The van der Waals surface area contributed by atoms with E-state index in [0.717, 1.165) is 58.5 Å². The SMILES string of the molecule is COCC1(CN[C@@H]2C[C@H]2c2ccccc2)CCN(C(=O)[C@@H]2CCCN2C)CC1. The van der Waals surface area contributed by atoms with Gasteiger partial charge >= 0.3 is 0 Å². The van der Waals surface area contributed by atoms with Gasteiger partial charge in [0.15, 0.2) is 0 Å². The molecule has 0 unspecified atom stereocenters. The van der Waals surface area contributed by atoms with E-state index >= 15 is 0 Å². The highest BCUT2D eigenvalue weighted by Crippen LogP contribution is 2.42. The van der Waals surface area contributed by atoms with Crippen molar-refractivity contribution in [3.05, 3.63) is 35.9 Å². The van der Waals surface area contributed by atoms with Crippen molar-refractivity contribution in [1.82, 2.24) is 15.1 Å². The summed E-state index contributed by atoms with van der Waals surface area (Å²) >= 11 is 0. The molecule has 2 saturated heterocycles. The molecule has 0 aromatic heterocycles. The van der Waals surface area contributed by atoms with Crippen LogP contribution in [0.3, 0.4) is 0 Å². The van der Waals surface area contributed by atoms with Crippen LogP contribution >= 0.6 is 0 Å². The number of ether oxygens (including phenoxy) is 1. The standard InChI is InChI=1S/C23H35N3O2/c1-25-12-6-9-21(25)22(27)26-13-10-23(11-14-26,17-28-2)16-24-20-15-19(20)18-7-4-3-5-8-18/h3-5,7-8,19-21,24H,6,9-17H2,1-2H3/t19-,20+,21-/m0/s1. The highest BCUT2D eigenvalue weighted by molar-refractivity contribution is 5.82. The van der Waals surface area contributed by atoms with Crippen LogP contribution in [0.5, 0.6) is 0 Å². The second-order valence-corrected chi connectivity index (χ2v) is 9.14. The number of rotatable bonds is 7. The largest absolute Gasteiger partial charge is 0.384 e. The fraction of sp³-hybridized carbons (Fsp3) is 0.696. The van der Waals surface area contributed by atoms with Gasteiger partial charge in [0, 0.05) is 44.1 Å². The van der Waals surface area contributed by atoms with Gasteiger partial charge in [-0.2, -0.15) is 0 Å². The summed E-state index contributed by atoms with van der Waals surface area (Å²) in [6.07, 6.45) is 5.44. The van der Waals surface area contributed by atoms with Crippen molar-refractivity contribution in [3.8, 4) is 0 Å². The average Bonchev–Trinajstić information content (AvgIpc) is 3.39. The first kappa shape index (κ1) is 19.9. The molecular weight excluding hydrogens is 350 g/mol. The predicted molar refractivity (Wildman–Crippen MR) is 111 cm³/mol. The minimum Gasteiger partial charge on any atom is -0.384 e. The minimum atomic E-state index is 0.103. The van der Waals surface area contributed by atoms with Crippen LogP contribution in [0.15, 0.2) is 30.3 Å². The van der Waals surface area contributed by atoms with Crippen molar-refractivity contribution in [2.45, 2.75) is 50.1 Å². The van der Waals surface area contributed by atoms with E-state index in [1.54, 1.807) is 7.11 Å². The molecule has 154 valence electrons. The second-order valence-electron chi connectivity index (χ2n) is 9.14. The quantitative estimate of drug-likeness (QED) is 0.783. The van der Waals surface area contributed by atoms with Crippen molar-refractivity contribution in [1.29, 1.82) is 0 Å². The van der Waals surface area contributed by atoms with Crippen LogP contribution in [0.1, 0.15) is 43.6 Å². The van der Waals surface area contributed by atoms with E-state index in [4.69, 9.17) is 4.74 Å². The van der Waals surface area contributed by atoms with Crippen molar-refractivity contribution in [2.75, 3.05) is 46.9 Å². The van der Waals surface area contributed by atoms with E-state index < -0.39 is 0 Å². The third-order valence-electron chi connectivity index (χ3n) is 7.15. The number of hydrogen-bond donors (Lipinski definition) is 1. The summed E-state index contributed by atoms with van der Waals surface area (Å²) in [5.41, 5.74) is 1.60. The summed E-state index contributed by atoms with van der Waals surface area (Å²) in [4.78, 5) is 17.2. The van der Waals surface area contributed by atoms with Gasteiger partial charge in [-0.1, -0.05) is 30.3 Å². The predicted octanol–water partition coefficient (Wildman–Crippen LogP) is 2.48. The van der Waals surface area contributed by atoms with E-state index in [-0.39, 0.29) is 11.5 Å². The molecule has 1 aromatic rings. The number of benzene rings is 1. The van der Waals surface area contributed by atoms with E-state index in [2.05, 4.69) is 52.5 Å². The number of hydrogen-bond acceptors (Lipinski definition) is 4. The Kier molecular flexibility index (Phi) is 6.04. The van der Waals surface area contributed by atoms with Crippen molar-refractivity contribution >= 4 is 5.91 Å². The lowest BCUT2D eigenvalue weighted by Gasteiger charge is -2.42. The maximum atomic E-state index is 12.9. The Labute approximate surface area is 169 Å². The van der Waals surface area contributed by atoms with Gasteiger partial charge in [0.05, 0.1) is 12.6 Å². The topological polar surface area (TPSA) is 44.8 Å². The number of likely N-dealkylation sites (tertiary alicyclic amines) is 2. The highest BCUT2D eigenvalue weighted by Gasteiger charge is 2.42. The normalized spacial score (nSPS) is 29.8. The Morgan fingerprint density at radius 2 is 1.96 bits per heavy atom. The Balaban J connectivity index is 1.29. The lowest BCUT2D eigenvalue weighted by atomic mass is 9.78. The monoisotopic (exact) mass is 385 g/mol. The maximum absolute atomic E-state index is 12.9. The molecule has 2 heterocycles. The Bertz CT molecular complexity index is 657. The van der Waals surface area contributed by atoms with Crippen LogP contribution in [0, 0.1) is 5.41 Å². The van der Waals surface area contributed by atoms with Gasteiger partial charge in [-0.15, -0.1) is 0 Å². The number of nitrogens with zero attached hydrogens (tertiary/aromatic N) is 2. The Morgan fingerprint density at radius 3 is 2.61 bits per heavy atom. The van der Waals surface area contributed by atoms with Crippen molar-refractivity contribution in [2.24, 2.45) is 5.41 Å². The van der Waals surface area contributed by atoms with Gasteiger partial charge in [-0.25, -0.2) is 0 Å². The summed E-state index contributed by atoms with van der Waals surface area (Å²) in [5.74, 6) is 0.991.